The Balaban J connectivity index is 2.21. The SMILES string of the molecule is CC(CCC(=O)NC=O)N(C)Cc1c(C=O)cccc1SCCOCCOCCOCCOCCOCC=O. The summed E-state index contributed by atoms with van der Waals surface area (Å²) in [4.78, 5) is 46.8. The van der Waals surface area contributed by atoms with Crippen LogP contribution in [0.5, 0.6) is 0 Å². The van der Waals surface area contributed by atoms with Gasteiger partial charge in [-0.15, -0.1) is 11.8 Å². The number of benzene rings is 1. The summed E-state index contributed by atoms with van der Waals surface area (Å²) in [6.45, 7) is 6.82. The Morgan fingerprint density at radius 2 is 1.51 bits per heavy atom. The highest BCUT2D eigenvalue weighted by molar-refractivity contribution is 7.99. The van der Waals surface area contributed by atoms with E-state index in [4.69, 9.17) is 23.7 Å². The number of aldehydes is 2. The quantitative estimate of drug-likeness (QED) is 0.0993. The average molecular weight is 571 g/mol. The monoisotopic (exact) mass is 570 g/mol. The molecule has 0 saturated carbocycles. The highest BCUT2D eigenvalue weighted by Gasteiger charge is 2.16. The number of carbonyl (C=O) groups is 4. The molecule has 0 aromatic heterocycles. The molecular formula is C27H42N2O9S. The Bertz CT molecular complexity index is 828. The van der Waals surface area contributed by atoms with E-state index in [0.717, 1.165) is 22.5 Å². The maximum absolute atomic E-state index is 11.7. The summed E-state index contributed by atoms with van der Waals surface area (Å²) in [6, 6.07) is 5.76. The third-order valence-electron chi connectivity index (χ3n) is 5.62. The van der Waals surface area contributed by atoms with Crippen LogP contribution < -0.4 is 5.32 Å². The summed E-state index contributed by atoms with van der Waals surface area (Å²) in [6.07, 6.45) is 2.82. The van der Waals surface area contributed by atoms with E-state index in [2.05, 4.69) is 10.2 Å². The molecule has 0 spiro atoms. The fourth-order valence-corrected chi connectivity index (χ4v) is 4.28. The first-order valence-corrected chi connectivity index (χ1v) is 14.0. The molecule has 0 aliphatic carbocycles. The van der Waals surface area contributed by atoms with Crippen LogP contribution in [0.25, 0.3) is 0 Å². The van der Waals surface area contributed by atoms with Crippen LogP contribution in [0.1, 0.15) is 35.7 Å². The predicted octanol–water partition coefficient (Wildman–Crippen LogP) is 1.75. The lowest BCUT2D eigenvalue weighted by atomic mass is 10.1. The van der Waals surface area contributed by atoms with Gasteiger partial charge in [0.25, 0.3) is 0 Å². The van der Waals surface area contributed by atoms with Gasteiger partial charge in [0, 0.05) is 35.2 Å². The van der Waals surface area contributed by atoms with Crippen molar-refractivity contribution in [2.24, 2.45) is 0 Å². The molecular weight excluding hydrogens is 528 g/mol. The summed E-state index contributed by atoms with van der Waals surface area (Å²) < 4.78 is 26.8. The number of amides is 2. The minimum Gasteiger partial charge on any atom is -0.378 e. The average Bonchev–Trinajstić information content (AvgIpc) is 2.94. The van der Waals surface area contributed by atoms with Gasteiger partial charge in [0.1, 0.15) is 19.2 Å². The summed E-state index contributed by atoms with van der Waals surface area (Å²) in [5.41, 5.74) is 1.59. The lowest BCUT2D eigenvalue weighted by molar-refractivity contribution is -0.125. The topological polar surface area (TPSA) is 130 Å². The number of thioether (sulfide) groups is 1. The Morgan fingerprint density at radius 3 is 2.08 bits per heavy atom. The molecule has 1 rings (SSSR count). The van der Waals surface area contributed by atoms with E-state index in [1.807, 2.05) is 26.1 Å². The Hall–Kier alpha value is -2.19. The Kier molecular flexibility index (Phi) is 21.1. The molecule has 1 aromatic rings. The molecule has 0 heterocycles. The summed E-state index contributed by atoms with van der Waals surface area (Å²) in [5, 5.41) is 2.15. The van der Waals surface area contributed by atoms with Crippen molar-refractivity contribution < 1.29 is 42.9 Å². The highest BCUT2D eigenvalue weighted by Crippen LogP contribution is 2.27. The summed E-state index contributed by atoms with van der Waals surface area (Å²) in [5.74, 6) is 0.425. The van der Waals surface area contributed by atoms with E-state index >= 15 is 0 Å². The van der Waals surface area contributed by atoms with E-state index in [9.17, 15) is 19.2 Å². The summed E-state index contributed by atoms with van der Waals surface area (Å²) in [7, 11) is 1.95. The second kappa shape index (κ2) is 23.7. The van der Waals surface area contributed by atoms with Crippen molar-refractivity contribution in [1.29, 1.82) is 0 Å². The number of ether oxygens (including phenoxy) is 5. The minimum absolute atomic E-state index is 0.0852. The van der Waals surface area contributed by atoms with Gasteiger partial charge >= 0.3 is 0 Å². The molecule has 39 heavy (non-hydrogen) atoms. The summed E-state index contributed by atoms with van der Waals surface area (Å²) >= 11 is 1.63. The molecule has 1 aromatic carbocycles. The normalized spacial score (nSPS) is 11.9. The van der Waals surface area contributed by atoms with Gasteiger partial charge in [0.05, 0.1) is 59.5 Å². The number of nitrogens with zero attached hydrogens (tertiary/aromatic N) is 1. The molecule has 1 N–H and O–H groups in total. The first-order chi connectivity index (χ1) is 19.0. The predicted molar refractivity (Wildman–Crippen MR) is 147 cm³/mol. The van der Waals surface area contributed by atoms with Crippen LogP contribution in [-0.4, -0.2) is 115 Å². The molecule has 0 bridgehead atoms. The zero-order valence-corrected chi connectivity index (χ0v) is 23.8. The van der Waals surface area contributed by atoms with Crippen molar-refractivity contribution in [3.63, 3.8) is 0 Å². The molecule has 1 unspecified atom stereocenters. The van der Waals surface area contributed by atoms with E-state index in [0.29, 0.717) is 90.7 Å². The second-order valence-electron chi connectivity index (χ2n) is 8.47. The molecule has 2 amide bonds. The molecule has 0 saturated heterocycles. The Labute approximate surface area is 235 Å². The number of hydrogen-bond acceptors (Lipinski definition) is 11. The van der Waals surface area contributed by atoms with E-state index in [1.165, 1.54) is 0 Å². The van der Waals surface area contributed by atoms with Gasteiger partial charge in [0.2, 0.25) is 12.3 Å². The molecule has 1 atom stereocenters. The zero-order valence-electron chi connectivity index (χ0n) is 23.0. The zero-order chi connectivity index (χ0) is 28.6. The van der Waals surface area contributed by atoms with Crippen LogP contribution in [0.2, 0.25) is 0 Å². The fourth-order valence-electron chi connectivity index (χ4n) is 3.32. The largest absolute Gasteiger partial charge is 0.378 e. The van der Waals surface area contributed by atoms with Crippen LogP contribution in [0.15, 0.2) is 23.1 Å². The van der Waals surface area contributed by atoms with Crippen molar-refractivity contribution >= 4 is 36.7 Å². The Morgan fingerprint density at radius 1 is 0.923 bits per heavy atom. The van der Waals surface area contributed by atoms with Crippen molar-refractivity contribution in [2.75, 3.05) is 78.9 Å². The lowest BCUT2D eigenvalue weighted by Gasteiger charge is -2.26. The van der Waals surface area contributed by atoms with Crippen molar-refractivity contribution in [3.8, 4) is 0 Å². The van der Waals surface area contributed by atoms with Crippen molar-refractivity contribution in [1.82, 2.24) is 10.2 Å². The molecule has 0 aliphatic heterocycles. The van der Waals surface area contributed by atoms with Crippen LogP contribution >= 0.6 is 11.8 Å². The van der Waals surface area contributed by atoms with Gasteiger partial charge < -0.3 is 28.5 Å². The van der Waals surface area contributed by atoms with E-state index in [1.54, 1.807) is 17.8 Å². The number of nitrogens with one attached hydrogen (secondary N) is 1. The molecule has 0 fully saturated rings. The van der Waals surface area contributed by atoms with Crippen molar-refractivity contribution in [3.05, 3.63) is 29.3 Å². The minimum atomic E-state index is -0.300. The molecule has 12 heteroatoms. The van der Waals surface area contributed by atoms with Gasteiger partial charge in [-0.05, 0) is 32.0 Å². The smallest absolute Gasteiger partial charge is 0.226 e. The first kappa shape index (κ1) is 34.8. The van der Waals surface area contributed by atoms with Gasteiger partial charge in [-0.1, -0.05) is 12.1 Å². The molecule has 11 nitrogen and oxygen atoms in total. The number of hydrogen-bond donors (Lipinski definition) is 1. The van der Waals surface area contributed by atoms with Gasteiger partial charge in [-0.2, -0.15) is 0 Å². The van der Waals surface area contributed by atoms with E-state index in [-0.39, 0.29) is 25.0 Å². The highest BCUT2D eigenvalue weighted by atomic mass is 32.2. The van der Waals surface area contributed by atoms with Gasteiger partial charge in [-0.25, -0.2) is 0 Å². The lowest BCUT2D eigenvalue weighted by Crippen LogP contribution is -2.31. The fraction of sp³-hybridized carbons (Fsp3) is 0.630. The van der Waals surface area contributed by atoms with Crippen molar-refractivity contribution in [2.45, 2.75) is 37.2 Å². The number of carbonyl (C=O) groups excluding carboxylic acids is 4. The van der Waals surface area contributed by atoms with Crippen LogP contribution in [0, 0.1) is 0 Å². The second-order valence-corrected chi connectivity index (χ2v) is 9.61. The van der Waals surface area contributed by atoms with Gasteiger partial charge in [-0.3, -0.25) is 24.6 Å². The molecule has 0 aliphatic rings. The van der Waals surface area contributed by atoms with E-state index < -0.39 is 0 Å². The van der Waals surface area contributed by atoms with Crippen LogP contribution in [0.3, 0.4) is 0 Å². The van der Waals surface area contributed by atoms with Crippen LogP contribution in [-0.2, 0) is 44.6 Å². The number of rotatable bonds is 26. The van der Waals surface area contributed by atoms with Crippen LogP contribution in [0.4, 0.5) is 0 Å². The standard InChI is InChI=1S/C27H42N2O9S/c1-23(6-7-27(33)28-22-32)29(2)20-25-24(21-31)4-3-5-26(25)39-19-18-38-17-16-37-15-14-36-13-12-35-11-10-34-9-8-30/h3-5,8,21-23H,6-7,9-20H2,1-2H3,(H,28,32,33). The maximum atomic E-state index is 11.7. The third-order valence-corrected chi connectivity index (χ3v) is 6.69. The molecule has 220 valence electrons. The van der Waals surface area contributed by atoms with Gasteiger partial charge in [0.15, 0.2) is 0 Å². The first-order valence-electron chi connectivity index (χ1n) is 13.0. The molecule has 0 radical (unpaired) electrons. The number of imide groups is 1. The maximum Gasteiger partial charge on any atom is 0.226 e. The third kappa shape index (κ3) is 17.2.